The molecule has 2 aliphatic carbocycles. The summed E-state index contributed by atoms with van der Waals surface area (Å²) in [4.78, 5) is 21.9. The van der Waals surface area contributed by atoms with Crippen LogP contribution in [-0.4, -0.2) is 63.7 Å². The molecule has 3 unspecified atom stereocenters. The zero-order valence-electron chi connectivity index (χ0n) is 21.8. The highest BCUT2D eigenvalue weighted by molar-refractivity contribution is 14.1. The summed E-state index contributed by atoms with van der Waals surface area (Å²) in [6, 6.07) is 7.55. The van der Waals surface area contributed by atoms with E-state index in [4.69, 9.17) is 14.2 Å². The van der Waals surface area contributed by atoms with E-state index in [-0.39, 0.29) is 15.4 Å². The molecule has 3 atom stereocenters. The Morgan fingerprint density at radius 3 is 2.92 bits per heavy atom. The van der Waals surface area contributed by atoms with Gasteiger partial charge in [0.1, 0.15) is 15.9 Å². The summed E-state index contributed by atoms with van der Waals surface area (Å²) in [7, 11) is 4.08. The molecule has 9 heteroatoms. The Morgan fingerprint density at radius 1 is 1.38 bits per heavy atom. The minimum absolute atomic E-state index is 0.0561. The first-order valence-corrected chi connectivity index (χ1v) is 14.0. The summed E-state index contributed by atoms with van der Waals surface area (Å²) in [5.74, 6) is 2.11. The first-order chi connectivity index (χ1) is 17.7. The number of likely N-dealkylation sites (N-methyl/N-ethyl adjacent to an activating group) is 1. The van der Waals surface area contributed by atoms with Gasteiger partial charge in [0, 0.05) is 42.6 Å². The molecule has 3 aliphatic rings. The number of carbonyl (C=O) groups excluding carboxylic acids is 1. The Kier molecular flexibility index (Phi) is 7.16. The number of hydrogen-bond donors (Lipinski definition) is 0. The van der Waals surface area contributed by atoms with Gasteiger partial charge < -0.3 is 19.1 Å². The van der Waals surface area contributed by atoms with Crippen LogP contribution in [0.3, 0.4) is 0 Å². The molecule has 194 valence electrons. The molecule has 1 amide bonds. The summed E-state index contributed by atoms with van der Waals surface area (Å²) >= 11 is 2.16. The van der Waals surface area contributed by atoms with Gasteiger partial charge in [0.2, 0.25) is 5.91 Å². The van der Waals surface area contributed by atoms with E-state index in [1.54, 1.807) is 12.1 Å². The number of hydrogen-bond acceptors (Lipinski definition) is 7. The fraction of sp³-hybridized carbons (Fsp3) is 0.500. The number of rotatable bonds is 7. The number of benzene rings is 1. The topological polar surface area (TPSA) is 95.5 Å². The zero-order valence-corrected chi connectivity index (χ0v) is 23.9. The van der Waals surface area contributed by atoms with Gasteiger partial charge in [-0.25, -0.2) is 0 Å². The average Bonchev–Trinajstić information content (AvgIpc) is 3.55. The van der Waals surface area contributed by atoms with Crippen molar-refractivity contribution >= 4 is 34.1 Å². The average molecular weight is 613 g/mol. The SMILES string of the molecule is CC1C=C2C(=C(c3noc(-c4ccc(OC(C)I)c(C#N)c4)n3)C1)CCC21CC(=O)N(CCN(C)C)C1. The van der Waals surface area contributed by atoms with E-state index in [1.807, 2.05) is 32.0 Å². The maximum absolute atomic E-state index is 12.9. The molecule has 2 heterocycles. The zero-order chi connectivity index (χ0) is 26.3. The Bertz CT molecular complexity index is 1320. The van der Waals surface area contributed by atoms with E-state index < -0.39 is 0 Å². The van der Waals surface area contributed by atoms with Crippen molar-refractivity contribution in [2.75, 3.05) is 33.7 Å². The minimum Gasteiger partial charge on any atom is -0.479 e. The van der Waals surface area contributed by atoms with Crippen LogP contribution < -0.4 is 4.74 Å². The first-order valence-electron chi connectivity index (χ1n) is 12.8. The summed E-state index contributed by atoms with van der Waals surface area (Å²) in [5, 5.41) is 14.0. The monoisotopic (exact) mass is 613 g/mol. The molecule has 2 aromatic rings. The lowest BCUT2D eigenvalue weighted by atomic mass is 9.75. The Balaban J connectivity index is 1.43. The van der Waals surface area contributed by atoms with Crippen LogP contribution in [0.1, 0.15) is 50.9 Å². The van der Waals surface area contributed by atoms with Gasteiger partial charge in [0.15, 0.2) is 5.82 Å². The van der Waals surface area contributed by atoms with Crippen LogP contribution in [0.15, 0.2) is 39.9 Å². The smallest absolute Gasteiger partial charge is 0.258 e. The molecule has 2 fully saturated rings. The second-order valence-electron chi connectivity index (χ2n) is 10.7. The summed E-state index contributed by atoms with van der Waals surface area (Å²) in [6.07, 6.45) is 5.69. The highest BCUT2D eigenvalue weighted by Crippen LogP contribution is 2.56. The molecule has 0 N–H and O–H groups in total. The molecule has 8 nitrogen and oxygen atoms in total. The molecule has 1 aromatic carbocycles. The number of halogens is 1. The van der Waals surface area contributed by atoms with Crippen molar-refractivity contribution in [3.8, 4) is 23.3 Å². The summed E-state index contributed by atoms with van der Waals surface area (Å²) in [5.41, 5.74) is 4.73. The molecule has 1 aromatic heterocycles. The van der Waals surface area contributed by atoms with Gasteiger partial charge in [0.05, 0.1) is 5.56 Å². The van der Waals surface area contributed by atoms with E-state index in [9.17, 15) is 10.1 Å². The number of nitrogens with zero attached hydrogens (tertiary/aromatic N) is 5. The number of allylic oxidation sites excluding steroid dienone is 3. The lowest BCUT2D eigenvalue weighted by Gasteiger charge is -2.29. The number of carbonyl (C=O) groups is 1. The third kappa shape index (κ3) is 5.06. The van der Waals surface area contributed by atoms with Crippen LogP contribution in [0, 0.1) is 22.7 Å². The summed E-state index contributed by atoms with van der Waals surface area (Å²) < 4.78 is 11.4. The molecule has 37 heavy (non-hydrogen) atoms. The highest BCUT2D eigenvalue weighted by atomic mass is 127. The van der Waals surface area contributed by atoms with Gasteiger partial charge in [-0.05, 0) is 98.1 Å². The van der Waals surface area contributed by atoms with E-state index >= 15 is 0 Å². The normalized spacial score (nSPS) is 24.0. The van der Waals surface area contributed by atoms with Gasteiger partial charge in [0.25, 0.3) is 5.89 Å². The minimum atomic E-state index is -0.113. The molecule has 1 spiro atoms. The number of alkyl halides is 1. The fourth-order valence-corrected chi connectivity index (χ4v) is 6.11. The molecule has 5 rings (SSSR count). The summed E-state index contributed by atoms with van der Waals surface area (Å²) in [6.45, 7) is 6.55. The van der Waals surface area contributed by atoms with Gasteiger partial charge >= 0.3 is 0 Å². The van der Waals surface area contributed by atoms with Crippen molar-refractivity contribution in [1.29, 1.82) is 5.26 Å². The quantitative estimate of drug-likeness (QED) is 0.318. The third-order valence-electron chi connectivity index (χ3n) is 7.58. The predicted molar refractivity (Wildman–Crippen MR) is 149 cm³/mol. The predicted octanol–water partition coefficient (Wildman–Crippen LogP) is 5.06. The Labute approximate surface area is 231 Å². The molecule has 1 aliphatic heterocycles. The van der Waals surface area contributed by atoms with Crippen LogP contribution in [0.4, 0.5) is 0 Å². The molecule has 0 bridgehead atoms. The lowest BCUT2D eigenvalue weighted by Crippen LogP contribution is -2.34. The highest BCUT2D eigenvalue weighted by Gasteiger charge is 2.51. The number of nitriles is 1. The van der Waals surface area contributed by atoms with Crippen LogP contribution in [0.25, 0.3) is 17.0 Å². The van der Waals surface area contributed by atoms with Crippen LogP contribution in [-0.2, 0) is 4.79 Å². The molecular weight excluding hydrogens is 581 g/mol. The Morgan fingerprint density at radius 2 is 2.19 bits per heavy atom. The third-order valence-corrected chi connectivity index (χ3v) is 7.83. The number of fused-ring (bicyclic) bond motifs is 2. The molecular formula is C28H32IN5O3. The molecule has 1 saturated carbocycles. The van der Waals surface area contributed by atoms with Crippen molar-refractivity contribution in [2.45, 2.75) is 43.6 Å². The van der Waals surface area contributed by atoms with E-state index in [0.29, 0.717) is 40.9 Å². The van der Waals surface area contributed by atoms with Gasteiger partial charge in [-0.2, -0.15) is 10.2 Å². The number of ether oxygens (including phenoxy) is 1. The standard InChI is InChI=1S/C28H32IN5O3/c1-17-11-22(21-7-8-28(23(21)12-17)14-25(35)34(16-28)10-9-33(3)4)26-31-27(37-32-26)19-5-6-24(36-18(2)29)20(13-19)15-30/h5-6,12-13,17-18H,7-11,14,16H2,1-4H3. The molecule has 1 saturated heterocycles. The van der Waals surface area contributed by atoms with Crippen molar-refractivity contribution in [3.05, 3.63) is 46.8 Å². The van der Waals surface area contributed by atoms with Crippen molar-refractivity contribution in [1.82, 2.24) is 19.9 Å². The van der Waals surface area contributed by atoms with Crippen LogP contribution >= 0.6 is 22.6 Å². The van der Waals surface area contributed by atoms with Crippen LogP contribution in [0.5, 0.6) is 5.75 Å². The maximum atomic E-state index is 12.9. The maximum Gasteiger partial charge on any atom is 0.258 e. The number of amides is 1. The van der Waals surface area contributed by atoms with Gasteiger partial charge in [-0.15, -0.1) is 0 Å². The van der Waals surface area contributed by atoms with Gasteiger partial charge in [-0.1, -0.05) is 18.2 Å². The van der Waals surface area contributed by atoms with Gasteiger partial charge in [-0.3, -0.25) is 4.79 Å². The number of likely N-dealkylation sites (tertiary alicyclic amines) is 1. The lowest BCUT2D eigenvalue weighted by molar-refractivity contribution is -0.127. The van der Waals surface area contributed by atoms with E-state index in [2.05, 4.69) is 51.7 Å². The number of aromatic nitrogens is 2. The van der Waals surface area contributed by atoms with Crippen molar-refractivity contribution in [3.63, 3.8) is 0 Å². The van der Waals surface area contributed by atoms with E-state index in [0.717, 1.165) is 44.5 Å². The van der Waals surface area contributed by atoms with Crippen LogP contribution in [0.2, 0.25) is 0 Å². The largest absolute Gasteiger partial charge is 0.479 e. The first kappa shape index (κ1) is 25.9. The van der Waals surface area contributed by atoms with E-state index in [1.165, 1.54) is 11.1 Å². The Hall–Kier alpha value is -2.71. The fourth-order valence-electron chi connectivity index (χ4n) is 5.83. The van der Waals surface area contributed by atoms with Crippen molar-refractivity contribution in [2.24, 2.45) is 11.3 Å². The van der Waals surface area contributed by atoms with Crippen molar-refractivity contribution < 1.29 is 14.1 Å². The second-order valence-corrected chi connectivity index (χ2v) is 12.5. The second kappa shape index (κ2) is 10.2. The molecule has 0 radical (unpaired) electrons.